The van der Waals surface area contributed by atoms with Crippen molar-refractivity contribution in [3.05, 3.63) is 36.0 Å². The molecule has 0 spiro atoms. The van der Waals surface area contributed by atoms with Gasteiger partial charge in [0.15, 0.2) is 0 Å². The summed E-state index contributed by atoms with van der Waals surface area (Å²) in [5.74, 6) is 0. The van der Waals surface area contributed by atoms with Crippen molar-refractivity contribution < 1.29 is 0 Å². The summed E-state index contributed by atoms with van der Waals surface area (Å²) < 4.78 is 0. The van der Waals surface area contributed by atoms with Crippen molar-refractivity contribution in [2.45, 2.75) is 0 Å². The molecule has 0 radical (unpaired) electrons. The van der Waals surface area contributed by atoms with Gasteiger partial charge in [-0.2, -0.15) is 10.4 Å². The molecule has 0 fully saturated rings. The van der Waals surface area contributed by atoms with E-state index in [1.807, 2.05) is 24.3 Å². The molecule has 0 bridgehead atoms. The van der Waals surface area contributed by atoms with Crippen LogP contribution in [-0.2, 0) is 0 Å². The van der Waals surface area contributed by atoms with Gasteiger partial charge in [0.05, 0.1) is 17.8 Å². The Labute approximate surface area is 75.3 Å². The van der Waals surface area contributed by atoms with Gasteiger partial charge in [-0.1, -0.05) is 12.1 Å². The fourth-order valence-corrected chi connectivity index (χ4v) is 1.19. The fraction of sp³-hybridized carbons (Fsp3) is 0. The van der Waals surface area contributed by atoms with Gasteiger partial charge in [0.1, 0.15) is 0 Å². The number of fused-ring (bicyclic) bond motifs is 1. The minimum Gasteiger partial charge on any atom is -0.278 e. The predicted octanol–water partition coefficient (Wildman–Crippen LogP) is 2.10. The largest absolute Gasteiger partial charge is 0.278 e. The molecule has 0 saturated heterocycles. The summed E-state index contributed by atoms with van der Waals surface area (Å²) in [4.78, 5) is 0. The smallest absolute Gasteiger partial charge is 0.0912 e. The Balaban J connectivity index is 2.49. The van der Waals surface area contributed by atoms with Crippen LogP contribution in [0.25, 0.3) is 17.0 Å². The van der Waals surface area contributed by atoms with Crippen LogP contribution in [0.4, 0.5) is 0 Å². The summed E-state index contributed by atoms with van der Waals surface area (Å²) in [5, 5.41) is 16.2. The summed E-state index contributed by atoms with van der Waals surface area (Å²) in [5.41, 5.74) is 1.98. The molecule has 0 atom stereocenters. The number of H-pyrrole nitrogens is 1. The zero-order valence-electron chi connectivity index (χ0n) is 6.86. The van der Waals surface area contributed by atoms with Crippen molar-refractivity contribution in [2.75, 3.05) is 0 Å². The maximum atomic E-state index is 8.34. The van der Waals surface area contributed by atoms with Crippen LogP contribution < -0.4 is 0 Å². The third kappa shape index (κ3) is 1.42. The van der Waals surface area contributed by atoms with E-state index in [0.717, 1.165) is 16.5 Å². The van der Waals surface area contributed by atoms with Crippen LogP contribution in [-0.4, -0.2) is 10.2 Å². The molecule has 0 aliphatic carbocycles. The second kappa shape index (κ2) is 3.11. The summed E-state index contributed by atoms with van der Waals surface area (Å²) in [6.07, 6.45) is 4.99. The van der Waals surface area contributed by atoms with Gasteiger partial charge >= 0.3 is 0 Å². The van der Waals surface area contributed by atoms with E-state index >= 15 is 0 Å². The highest BCUT2D eigenvalue weighted by Gasteiger charge is 1.94. The first-order valence-electron chi connectivity index (χ1n) is 3.89. The number of hydrogen-bond acceptors (Lipinski definition) is 2. The number of nitrogens with one attached hydrogen (secondary N) is 1. The lowest BCUT2D eigenvalue weighted by atomic mass is 10.1. The molecule has 2 rings (SSSR count). The van der Waals surface area contributed by atoms with E-state index in [0.29, 0.717) is 0 Å². The normalized spacial score (nSPS) is 10.7. The highest BCUT2D eigenvalue weighted by Crippen LogP contribution is 2.13. The summed E-state index contributed by atoms with van der Waals surface area (Å²) >= 11 is 0. The third-order valence-corrected chi connectivity index (χ3v) is 1.82. The number of nitriles is 1. The van der Waals surface area contributed by atoms with Crippen LogP contribution in [0.1, 0.15) is 5.56 Å². The van der Waals surface area contributed by atoms with Gasteiger partial charge in [-0.25, -0.2) is 0 Å². The van der Waals surface area contributed by atoms with Crippen molar-refractivity contribution in [3.63, 3.8) is 0 Å². The first kappa shape index (κ1) is 7.56. The maximum Gasteiger partial charge on any atom is 0.0912 e. The number of benzene rings is 1. The summed E-state index contributed by atoms with van der Waals surface area (Å²) in [6.45, 7) is 0. The van der Waals surface area contributed by atoms with E-state index in [9.17, 15) is 0 Å². The standard InChI is InChI=1S/C10H7N3/c11-5-1-2-8-3-4-9-7-12-13-10(9)6-8/h1-4,6-7H,(H,12,13). The van der Waals surface area contributed by atoms with Gasteiger partial charge in [0.25, 0.3) is 0 Å². The van der Waals surface area contributed by atoms with Crippen LogP contribution in [0.3, 0.4) is 0 Å². The second-order valence-corrected chi connectivity index (χ2v) is 2.68. The Morgan fingerprint density at radius 1 is 1.46 bits per heavy atom. The van der Waals surface area contributed by atoms with Crippen LogP contribution in [0.15, 0.2) is 30.5 Å². The third-order valence-electron chi connectivity index (χ3n) is 1.82. The molecule has 1 N–H and O–H groups in total. The molecule has 62 valence electrons. The van der Waals surface area contributed by atoms with Gasteiger partial charge in [-0.3, -0.25) is 5.10 Å². The van der Waals surface area contributed by atoms with E-state index in [1.54, 1.807) is 12.3 Å². The molecule has 1 aromatic heterocycles. The average molecular weight is 169 g/mol. The fourth-order valence-electron chi connectivity index (χ4n) is 1.19. The number of rotatable bonds is 1. The molecule has 0 aliphatic heterocycles. The van der Waals surface area contributed by atoms with Gasteiger partial charge in [-0.05, 0) is 17.7 Å². The Bertz CT molecular complexity index is 488. The van der Waals surface area contributed by atoms with E-state index in [2.05, 4.69) is 10.2 Å². The van der Waals surface area contributed by atoms with Crippen LogP contribution in [0, 0.1) is 11.3 Å². The van der Waals surface area contributed by atoms with Crippen molar-refractivity contribution in [1.82, 2.24) is 10.2 Å². The molecule has 0 amide bonds. The molecule has 3 heteroatoms. The van der Waals surface area contributed by atoms with Crippen LogP contribution in [0.5, 0.6) is 0 Å². The monoisotopic (exact) mass is 169 g/mol. The van der Waals surface area contributed by atoms with Crippen molar-refractivity contribution in [1.29, 1.82) is 5.26 Å². The molecular formula is C10H7N3. The highest BCUT2D eigenvalue weighted by molar-refractivity contribution is 5.80. The number of aromatic amines is 1. The first-order valence-corrected chi connectivity index (χ1v) is 3.89. The summed E-state index contributed by atoms with van der Waals surface area (Å²) in [7, 11) is 0. The first-order chi connectivity index (χ1) is 6.40. The molecule has 0 aliphatic rings. The van der Waals surface area contributed by atoms with Gasteiger partial charge in [-0.15, -0.1) is 0 Å². The van der Waals surface area contributed by atoms with Gasteiger partial charge in [0, 0.05) is 11.5 Å². The zero-order valence-corrected chi connectivity index (χ0v) is 6.86. The van der Waals surface area contributed by atoms with Crippen molar-refractivity contribution >= 4 is 17.0 Å². The number of allylic oxidation sites excluding steroid dienone is 1. The van der Waals surface area contributed by atoms with Crippen LogP contribution >= 0.6 is 0 Å². The molecule has 1 heterocycles. The minimum absolute atomic E-state index is 0.986. The zero-order chi connectivity index (χ0) is 9.10. The molecule has 3 nitrogen and oxygen atoms in total. The van der Waals surface area contributed by atoms with E-state index in [4.69, 9.17) is 5.26 Å². The number of aromatic nitrogens is 2. The lowest BCUT2D eigenvalue weighted by Crippen LogP contribution is -1.72. The van der Waals surface area contributed by atoms with Crippen LogP contribution in [0.2, 0.25) is 0 Å². The lowest BCUT2D eigenvalue weighted by molar-refractivity contribution is 1.12. The molecular weight excluding hydrogens is 162 g/mol. The van der Waals surface area contributed by atoms with Gasteiger partial charge < -0.3 is 0 Å². The van der Waals surface area contributed by atoms with E-state index in [1.165, 1.54) is 6.08 Å². The predicted molar refractivity (Wildman–Crippen MR) is 50.7 cm³/mol. The summed E-state index contributed by atoms with van der Waals surface area (Å²) in [6, 6.07) is 7.82. The molecule has 13 heavy (non-hydrogen) atoms. The Kier molecular flexibility index (Phi) is 1.81. The highest BCUT2D eigenvalue weighted by atomic mass is 15.1. The molecule has 0 unspecified atom stereocenters. The number of hydrogen-bond donors (Lipinski definition) is 1. The quantitative estimate of drug-likeness (QED) is 0.664. The molecule has 0 saturated carbocycles. The number of nitrogens with zero attached hydrogens (tertiary/aromatic N) is 2. The topological polar surface area (TPSA) is 52.5 Å². The molecule has 1 aromatic carbocycles. The van der Waals surface area contributed by atoms with E-state index in [-0.39, 0.29) is 0 Å². The Morgan fingerprint density at radius 2 is 2.38 bits per heavy atom. The second-order valence-electron chi connectivity index (χ2n) is 2.68. The van der Waals surface area contributed by atoms with Crippen molar-refractivity contribution in [2.24, 2.45) is 0 Å². The average Bonchev–Trinajstić information content (AvgIpc) is 2.61. The lowest BCUT2D eigenvalue weighted by Gasteiger charge is -1.91. The maximum absolute atomic E-state index is 8.34. The van der Waals surface area contributed by atoms with E-state index < -0.39 is 0 Å². The SMILES string of the molecule is N#CC=Cc1ccc2cn[nH]c2c1. The Hall–Kier alpha value is -2.08. The molecule has 2 aromatic rings. The van der Waals surface area contributed by atoms with Crippen molar-refractivity contribution in [3.8, 4) is 6.07 Å². The van der Waals surface area contributed by atoms with Gasteiger partial charge in [0.2, 0.25) is 0 Å². The Morgan fingerprint density at radius 3 is 3.23 bits per heavy atom. The minimum atomic E-state index is 0.986.